The first-order valence-electron chi connectivity index (χ1n) is 12.3. The molecule has 0 bridgehead atoms. The third-order valence-corrected chi connectivity index (χ3v) is 5.84. The molecule has 0 saturated carbocycles. The Morgan fingerprint density at radius 3 is 1.74 bits per heavy atom. The lowest BCUT2D eigenvalue weighted by Crippen LogP contribution is -2.25. The van der Waals surface area contributed by atoms with E-state index in [1.165, 1.54) is 0 Å². The summed E-state index contributed by atoms with van der Waals surface area (Å²) in [5, 5.41) is 0. The van der Waals surface area contributed by atoms with Crippen molar-refractivity contribution in [2.24, 2.45) is 0 Å². The zero-order valence-electron chi connectivity index (χ0n) is 21.6. The van der Waals surface area contributed by atoms with Crippen molar-refractivity contribution >= 4 is 0 Å². The molecule has 0 aliphatic rings. The number of ether oxygens (including phenoxy) is 2. The summed E-state index contributed by atoms with van der Waals surface area (Å²) in [4.78, 5) is 0. The number of benzene rings is 4. The molecular weight excluding hydrogens is 575 g/mol. The minimum Gasteiger partial charge on any atom is -0.494 e. The second-order valence-electron chi connectivity index (χ2n) is 8.93. The van der Waals surface area contributed by atoms with Crippen molar-refractivity contribution in [1.29, 1.82) is 0 Å². The second-order valence-corrected chi connectivity index (χ2v) is 8.93. The van der Waals surface area contributed by atoms with Gasteiger partial charge in [-0.05, 0) is 60.5 Å². The van der Waals surface area contributed by atoms with Crippen molar-refractivity contribution in [2.75, 3.05) is 6.61 Å². The van der Waals surface area contributed by atoms with E-state index in [-0.39, 0.29) is 29.8 Å². The number of halogens is 9. The molecule has 4 aromatic carbocycles. The molecule has 0 heterocycles. The molecule has 0 spiro atoms. The summed E-state index contributed by atoms with van der Waals surface area (Å²) in [5.74, 6) is -7.65. The first kappa shape index (κ1) is 30.4. The molecule has 218 valence electrons. The van der Waals surface area contributed by atoms with Gasteiger partial charge < -0.3 is 9.47 Å². The van der Waals surface area contributed by atoms with Crippen molar-refractivity contribution in [2.45, 2.75) is 25.9 Å². The van der Waals surface area contributed by atoms with Gasteiger partial charge in [0.1, 0.15) is 40.3 Å². The quantitative estimate of drug-likeness (QED) is 0.0878. The third kappa shape index (κ3) is 6.82. The molecule has 0 atom stereocenters. The van der Waals surface area contributed by atoms with Gasteiger partial charge in [0.05, 0.1) is 12.2 Å². The third-order valence-electron chi connectivity index (χ3n) is 5.84. The van der Waals surface area contributed by atoms with Crippen LogP contribution in [0.5, 0.6) is 11.5 Å². The molecule has 0 fully saturated rings. The van der Waals surface area contributed by atoms with Gasteiger partial charge in [-0.2, -0.15) is 8.78 Å². The van der Waals surface area contributed by atoms with Gasteiger partial charge in [-0.1, -0.05) is 25.2 Å². The minimum absolute atomic E-state index is 0.0454. The Kier molecular flexibility index (Phi) is 9.05. The molecule has 4 aromatic rings. The van der Waals surface area contributed by atoms with Crippen molar-refractivity contribution in [3.8, 4) is 34.5 Å². The van der Waals surface area contributed by atoms with E-state index < -0.39 is 69.3 Å². The van der Waals surface area contributed by atoms with Gasteiger partial charge >= 0.3 is 6.11 Å². The SMILES string of the molecule is CCCCOc1ccc(C#Cc2cc(F)c(-c3cc(F)c(C(F)(F)Oc4cc(F)c(F)c(F)c4)c(F)c3)c(F)c2)cc1. The molecule has 0 radical (unpaired) electrons. The van der Waals surface area contributed by atoms with E-state index in [0.717, 1.165) is 25.0 Å². The zero-order chi connectivity index (χ0) is 30.6. The highest BCUT2D eigenvalue weighted by molar-refractivity contribution is 5.67. The fourth-order valence-corrected chi connectivity index (χ4v) is 3.82. The molecule has 0 amide bonds. The molecule has 11 heteroatoms. The molecule has 0 unspecified atom stereocenters. The van der Waals surface area contributed by atoms with Crippen LogP contribution in [0.1, 0.15) is 36.5 Å². The highest BCUT2D eigenvalue weighted by atomic mass is 19.3. The van der Waals surface area contributed by atoms with Crippen molar-refractivity contribution in [1.82, 2.24) is 0 Å². The normalized spacial score (nSPS) is 11.2. The van der Waals surface area contributed by atoms with Gasteiger partial charge in [-0.25, -0.2) is 30.7 Å². The van der Waals surface area contributed by atoms with E-state index in [1.54, 1.807) is 24.3 Å². The summed E-state index contributed by atoms with van der Waals surface area (Å²) in [6.45, 7) is 2.58. The Hall–Kier alpha value is -4.59. The van der Waals surface area contributed by atoms with Gasteiger partial charge in [0.15, 0.2) is 17.5 Å². The molecule has 0 saturated heterocycles. The fourth-order valence-electron chi connectivity index (χ4n) is 3.82. The lowest BCUT2D eigenvalue weighted by Gasteiger charge is -2.20. The van der Waals surface area contributed by atoms with E-state index in [2.05, 4.69) is 16.6 Å². The van der Waals surface area contributed by atoms with Crippen LogP contribution in [0.15, 0.2) is 60.7 Å². The van der Waals surface area contributed by atoms with Crippen molar-refractivity contribution in [3.05, 3.63) is 118 Å². The summed E-state index contributed by atoms with van der Waals surface area (Å²) >= 11 is 0. The van der Waals surface area contributed by atoms with Crippen LogP contribution < -0.4 is 9.47 Å². The summed E-state index contributed by atoms with van der Waals surface area (Å²) in [6, 6.07) is 8.81. The predicted molar refractivity (Wildman–Crippen MR) is 135 cm³/mol. The van der Waals surface area contributed by atoms with Gasteiger partial charge in [0, 0.05) is 23.3 Å². The number of unbranched alkanes of at least 4 members (excludes halogenated alkanes) is 1. The van der Waals surface area contributed by atoms with E-state index in [4.69, 9.17) is 4.74 Å². The minimum atomic E-state index is -4.86. The van der Waals surface area contributed by atoms with Crippen LogP contribution in [-0.2, 0) is 6.11 Å². The van der Waals surface area contributed by atoms with E-state index in [1.807, 2.05) is 6.92 Å². The summed E-state index contributed by atoms with van der Waals surface area (Å²) < 4.78 is 138. The second kappa shape index (κ2) is 12.5. The standard InChI is InChI=1S/C31H19F9O2/c1-2-3-10-41-20-8-6-17(7-9-20)4-5-18-11-22(32)28(23(33)12-18)19-13-24(34)29(25(35)14-19)31(39,40)42-21-15-26(36)30(38)27(37)16-21/h6-9,11-16H,2-3,10H2,1H3. The zero-order valence-corrected chi connectivity index (χ0v) is 21.6. The van der Waals surface area contributed by atoms with Crippen LogP contribution in [0.3, 0.4) is 0 Å². The smallest absolute Gasteiger partial charge is 0.432 e. The summed E-state index contributed by atoms with van der Waals surface area (Å²) in [6.07, 6.45) is -3.00. The van der Waals surface area contributed by atoms with Crippen LogP contribution in [-0.4, -0.2) is 6.61 Å². The van der Waals surface area contributed by atoms with Crippen LogP contribution >= 0.6 is 0 Å². The van der Waals surface area contributed by atoms with Crippen molar-refractivity contribution in [3.63, 3.8) is 0 Å². The Bertz CT molecular complexity index is 1600. The Morgan fingerprint density at radius 1 is 0.643 bits per heavy atom. The van der Waals surface area contributed by atoms with E-state index in [0.29, 0.717) is 17.9 Å². The lowest BCUT2D eigenvalue weighted by molar-refractivity contribution is -0.189. The van der Waals surface area contributed by atoms with Crippen LogP contribution in [0, 0.1) is 52.6 Å². The number of hydrogen-bond donors (Lipinski definition) is 0. The van der Waals surface area contributed by atoms with Crippen LogP contribution in [0.4, 0.5) is 39.5 Å². The first-order chi connectivity index (χ1) is 19.9. The highest BCUT2D eigenvalue weighted by Crippen LogP contribution is 2.38. The maximum absolute atomic E-state index is 14.9. The first-order valence-corrected chi connectivity index (χ1v) is 12.3. The number of rotatable bonds is 8. The van der Waals surface area contributed by atoms with E-state index >= 15 is 0 Å². The van der Waals surface area contributed by atoms with Crippen molar-refractivity contribution < 1.29 is 49.0 Å². The molecule has 0 aliphatic heterocycles. The van der Waals surface area contributed by atoms with Gasteiger partial charge in [0.2, 0.25) is 0 Å². The summed E-state index contributed by atoms with van der Waals surface area (Å²) in [7, 11) is 0. The Labute approximate surface area is 234 Å². The molecule has 42 heavy (non-hydrogen) atoms. The topological polar surface area (TPSA) is 18.5 Å². The maximum Gasteiger partial charge on any atom is 0.432 e. The van der Waals surface area contributed by atoms with Gasteiger partial charge in [0.25, 0.3) is 0 Å². The molecule has 4 rings (SSSR count). The molecule has 0 aliphatic carbocycles. The Balaban J connectivity index is 1.58. The molecule has 2 nitrogen and oxygen atoms in total. The lowest BCUT2D eigenvalue weighted by atomic mass is 9.99. The number of hydrogen-bond acceptors (Lipinski definition) is 2. The molecule has 0 aromatic heterocycles. The highest BCUT2D eigenvalue weighted by Gasteiger charge is 2.42. The Morgan fingerprint density at radius 2 is 1.19 bits per heavy atom. The van der Waals surface area contributed by atoms with Gasteiger partial charge in [-0.3, -0.25) is 0 Å². The fraction of sp³-hybridized carbons (Fsp3) is 0.161. The van der Waals surface area contributed by atoms with E-state index in [9.17, 15) is 39.5 Å². The van der Waals surface area contributed by atoms with Crippen LogP contribution in [0.2, 0.25) is 0 Å². The average molecular weight is 594 g/mol. The summed E-state index contributed by atoms with van der Waals surface area (Å²) in [5.41, 5.74) is -3.31. The predicted octanol–water partition coefficient (Wildman–Crippen LogP) is 9.03. The largest absolute Gasteiger partial charge is 0.494 e. The monoisotopic (exact) mass is 594 g/mol. The molecular formula is C31H19F9O2. The number of alkyl halides is 2. The molecule has 0 N–H and O–H groups in total. The maximum atomic E-state index is 14.9. The average Bonchev–Trinajstić information content (AvgIpc) is 2.90. The van der Waals surface area contributed by atoms with Gasteiger partial charge in [-0.15, -0.1) is 0 Å². The van der Waals surface area contributed by atoms with Crippen LogP contribution in [0.25, 0.3) is 11.1 Å².